The monoisotopic (exact) mass is 195 g/mol. The number of nitrogens with zero attached hydrogens (tertiary/aromatic N) is 1. The molecule has 0 aromatic carbocycles. The molecule has 0 aliphatic carbocycles. The molecule has 1 aliphatic rings. The molecule has 0 saturated carbocycles. The van der Waals surface area contributed by atoms with Crippen LogP contribution in [0.3, 0.4) is 0 Å². The third-order valence-corrected chi connectivity index (χ3v) is 2.50. The van der Waals surface area contributed by atoms with Gasteiger partial charge < -0.3 is 5.11 Å². The van der Waals surface area contributed by atoms with Crippen LogP contribution in [0.5, 0.6) is 0 Å². The standard InChI is InChI=1S/C11H17NO2/c1-6(2)8-5-9(7(3)4)12-10(8)11(13)14/h6-7H,5H2,1-4H3,(H,13,14). The van der Waals surface area contributed by atoms with Crippen LogP contribution in [0, 0.1) is 11.8 Å². The van der Waals surface area contributed by atoms with Gasteiger partial charge in [-0.1, -0.05) is 27.7 Å². The van der Waals surface area contributed by atoms with Crippen molar-refractivity contribution in [3.63, 3.8) is 0 Å². The van der Waals surface area contributed by atoms with Crippen molar-refractivity contribution >= 4 is 11.7 Å². The molecule has 0 aromatic rings. The van der Waals surface area contributed by atoms with Gasteiger partial charge in [-0.05, 0) is 17.4 Å². The van der Waals surface area contributed by atoms with Gasteiger partial charge in [-0.3, -0.25) is 0 Å². The Morgan fingerprint density at radius 1 is 1.29 bits per heavy atom. The first-order valence-corrected chi connectivity index (χ1v) is 4.97. The van der Waals surface area contributed by atoms with Crippen LogP contribution < -0.4 is 0 Å². The maximum absolute atomic E-state index is 10.9. The van der Waals surface area contributed by atoms with E-state index in [2.05, 4.69) is 4.99 Å². The summed E-state index contributed by atoms with van der Waals surface area (Å²) in [5.74, 6) is -0.300. The molecule has 0 radical (unpaired) electrons. The summed E-state index contributed by atoms with van der Waals surface area (Å²) >= 11 is 0. The van der Waals surface area contributed by atoms with E-state index in [0.717, 1.165) is 17.7 Å². The molecule has 0 amide bonds. The molecule has 0 aromatic heterocycles. The molecule has 3 nitrogen and oxygen atoms in total. The predicted octanol–water partition coefficient (Wildman–Crippen LogP) is 2.48. The molecule has 1 aliphatic heterocycles. The molecule has 14 heavy (non-hydrogen) atoms. The molecule has 0 fully saturated rings. The molecular formula is C11H17NO2. The summed E-state index contributed by atoms with van der Waals surface area (Å²) in [5.41, 5.74) is 2.22. The maximum atomic E-state index is 10.9. The normalized spacial score (nSPS) is 16.9. The van der Waals surface area contributed by atoms with Crippen molar-refractivity contribution in [1.82, 2.24) is 0 Å². The van der Waals surface area contributed by atoms with Crippen molar-refractivity contribution in [2.75, 3.05) is 0 Å². The molecule has 1 rings (SSSR count). The second kappa shape index (κ2) is 3.95. The first-order chi connectivity index (χ1) is 6.43. The molecule has 1 heterocycles. The number of hydrogen-bond donors (Lipinski definition) is 1. The number of hydrogen-bond acceptors (Lipinski definition) is 2. The Bertz CT molecular complexity index is 311. The minimum Gasteiger partial charge on any atom is -0.477 e. The zero-order chi connectivity index (χ0) is 10.9. The summed E-state index contributed by atoms with van der Waals surface area (Å²) in [6, 6.07) is 0. The van der Waals surface area contributed by atoms with Gasteiger partial charge >= 0.3 is 5.97 Å². The molecule has 0 atom stereocenters. The number of carboxylic acids is 1. The van der Waals surface area contributed by atoms with Crippen LogP contribution >= 0.6 is 0 Å². The molecule has 0 spiro atoms. The Morgan fingerprint density at radius 2 is 1.86 bits per heavy atom. The van der Waals surface area contributed by atoms with Crippen LogP contribution in [0.1, 0.15) is 34.1 Å². The Morgan fingerprint density at radius 3 is 2.14 bits per heavy atom. The smallest absolute Gasteiger partial charge is 0.354 e. The van der Waals surface area contributed by atoms with Crippen molar-refractivity contribution in [3.05, 3.63) is 11.3 Å². The highest BCUT2D eigenvalue weighted by atomic mass is 16.4. The van der Waals surface area contributed by atoms with Crippen molar-refractivity contribution in [2.45, 2.75) is 34.1 Å². The van der Waals surface area contributed by atoms with E-state index in [4.69, 9.17) is 5.11 Å². The molecule has 0 unspecified atom stereocenters. The minimum absolute atomic E-state index is 0.265. The van der Waals surface area contributed by atoms with E-state index < -0.39 is 5.97 Å². The van der Waals surface area contributed by atoms with Gasteiger partial charge in [0.25, 0.3) is 0 Å². The summed E-state index contributed by atoms with van der Waals surface area (Å²) in [6.07, 6.45) is 0.733. The number of aliphatic carboxylic acids is 1. The highest BCUT2D eigenvalue weighted by molar-refractivity contribution is 6.00. The molecule has 3 heteroatoms. The molecule has 0 bridgehead atoms. The summed E-state index contributed by atoms with van der Waals surface area (Å²) in [4.78, 5) is 15.1. The van der Waals surface area contributed by atoms with Gasteiger partial charge in [-0.25, -0.2) is 9.79 Å². The third-order valence-electron chi connectivity index (χ3n) is 2.50. The van der Waals surface area contributed by atoms with Crippen LogP contribution in [-0.4, -0.2) is 16.8 Å². The second-order valence-electron chi connectivity index (χ2n) is 4.27. The number of carbonyl (C=O) groups is 1. The van der Waals surface area contributed by atoms with Gasteiger partial charge in [0.15, 0.2) is 0 Å². The fourth-order valence-corrected chi connectivity index (χ4v) is 1.53. The minimum atomic E-state index is -0.899. The quantitative estimate of drug-likeness (QED) is 0.752. The lowest BCUT2D eigenvalue weighted by Gasteiger charge is -2.08. The lowest BCUT2D eigenvalue weighted by atomic mass is 9.94. The molecule has 78 valence electrons. The van der Waals surface area contributed by atoms with Crippen LogP contribution in [-0.2, 0) is 4.79 Å². The van der Waals surface area contributed by atoms with E-state index in [1.165, 1.54) is 0 Å². The van der Waals surface area contributed by atoms with E-state index in [0.29, 0.717) is 5.92 Å². The van der Waals surface area contributed by atoms with Crippen molar-refractivity contribution in [3.8, 4) is 0 Å². The summed E-state index contributed by atoms with van der Waals surface area (Å²) in [7, 11) is 0. The SMILES string of the molecule is CC(C)C1=NC(C(=O)O)=C(C(C)C)C1. The van der Waals surface area contributed by atoms with Crippen molar-refractivity contribution < 1.29 is 9.90 Å². The summed E-state index contributed by atoms with van der Waals surface area (Å²) in [5, 5.41) is 8.97. The highest BCUT2D eigenvalue weighted by Gasteiger charge is 2.25. The van der Waals surface area contributed by atoms with Gasteiger partial charge in [0.2, 0.25) is 0 Å². The van der Waals surface area contributed by atoms with Crippen LogP contribution in [0.25, 0.3) is 0 Å². The number of carboxylic acid groups (broad SMARTS) is 1. The first-order valence-electron chi connectivity index (χ1n) is 4.97. The number of aliphatic imine (C=N–C) groups is 1. The summed E-state index contributed by atoms with van der Waals surface area (Å²) < 4.78 is 0. The fraction of sp³-hybridized carbons (Fsp3) is 0.636. The van der Waals surface area contributed by atoms with Gasteiger partial charge in [0.1, 0.15) is 5.70 Å². The van der Waals surface area contributed by atoms with Gasteiger partial charge in [-0.15, -0.1) is 0 Å². The third kappa shape index (κ3) is 2.03. The van der Waals surface area contributed by atoms with E-state index in [9.17, 15) is 4.79 Å². The molecule has 0 saturated heterocycles. The van der Waals surface area contributed by atoms with Gasteiger partial charge in [0.05, 0.1) is 0 Å². The average Bonchev–Trinajstić information content (AvgIpc) is 2.47. The van der Waals surface area contributed by atoms with E-state index in [-0.39, 0.29) is 11.6 Å². The molecule has 1 N–H and O–H groups in total. The zero-order valence-corrected chi connectivity index (χ0v) is 9.16. The largest absolute Gasteiger partial charge is 0.477 e. The van der Waals surface area contributed by atoms with Crippen LogP contribution in [0.4, 0.5) is 0 Å². The Labute approximate surface area is 84.5 Å². The van der Waals surface area contributed by atoms with Gasteiger partial charge in [0, 0.05) is 12.1 Å². The lowest BCUT2D eigenvalue weighted by Crippen LogP contribution is -2.06. The average molecular weight is 195 g/mol. The van der Waals surface area contributed by atoms with Crippen molar-refractivity contribution in [1.29, 1.82) is 0 Å². The lowest BCUT2D eigenvalue weighted by molar-refractivity contribution is -0.132. The zero-order valence-electron chi connectivity index (χ0n) is 9.16. The van der Waals surface area contributed by atoms with Crippen LogP contribution in [0.2, 0.25) is 0 Å². The molecular weight excluding hydrogens is 178 g/mol. The van der Waals surface area contributed by atoms with Gasteiger partial charge in [-0.2, -0.15) is 0 Å². The highest BCUT2D eigenvalue weighted by Crippen LogP contribution is 2.28. The maximum Gasteiger partial charge on any atom is 0.354 e. The fourth-order valence-electron chi connectivity index (χ4n) is 1.53. The predicted molar refractivity (Wildman–Crippen MR) is 56.4 cm³/mol. The topological polar surface area (TPSA) is 49.7 Å². The Kier molecular flexibility index (Phi) is 3.09. The number of rotatable bonds is 3. The van der Waals surface area contributed by atoms with E-state index in [1.54, 1.807) is 0 Å². The Hall–Kier alpha value is -1.12. The van der Waals surface area contributed by atoms with Crippen molar-refractivity contribution in [2.24, 2.45) is 16.8 Å². The Balaban J connectivity index is 2.98. The summed E-state index contributed by atoms with van der Waals surface area (Å²) in [6.45, 7) is 8.11. The van der Waals surface area contributed by atoms with E-state index in [1.807, 2.05) is 27.7 Å². The van der Waals surface area contributed by atoms with E-state index >= 15 is 0 Å². The number of allylic oxidation sites excluding steroid dienone is 1. The second-order valence-corrected chi connectivity index (χ2v) is 4.27. The van der Waals surface area contributed by atoms with Crippen LogP contribution in [0.15, 0.2) is 16.3 Å². The first kappa shape index (κ1) is 11.0.